The Hall–Kier alpha value is -3.39. The van der Waals surface area contributed by atoms with E-state index in [9.17, 15) is 4.79 Å². The lowest BCUT2D eigenvalue weighted by Gasteiger charge is -2.29. The van der Waals surface area contributed by atoms with E-state index in [1.165, 1.54) is 0 Å². The fourth-order valence-corrected chi connectivity index (χ4v) is 4.53. The normalized spacial score (nSPS) is 18.1. The van der Waals surface area contributed by atoms with E-state index in [0.717, 1.165) is 22.6 Å². The Balaban J connectivity index is 1.32. The first-order chi connectivity index (χ1) is 16.2. The number of carbonyl (C=O) groups excluding carboxylic acids is 1. The Kier molecular flexibility index (Phi) is 5.02. The van der Waals surface area contributed by atoms with Gasteiger partial charge >= 0.3 is 0 Å². The maximum atomic E-state index is 13.2. The molecule has 1 aromatic heterocycles. The standard InChI is InChI=1S/C25H19ClN2O5/c26-17-7-15(24-16(8-17)12-30-14-32-24)9-22-23(29)19-4-5-21-20(25(19)33-22)11-28(13-31-21)10-18-3-1-2-6-27-18/h1-9H,10-14H2/b22-9-. The Labute approximate surface area is 195 Å². The largest absolute Gasteiger partial charge is 0.478 e. The third-order valence-corrected chi connectivity index (χ3v) is 6.00. The highest BCUT2D eigenvalue weighted by Crippen LogP contribution is 2.43. The lowest BCUT2D eigenvalue weighted by atomic mass is 10.0. The van der Waals surface area contributed by atoms with Crippen molar-refractivity contribution in [2.75, 3.05) is 13.5 Å². The van der Waals surface area contributed by atoms with Crippen molar-refractivity contribution in [3.63, 3.8) is 0 Å². The van der Waals surface area contributed by atoms with Crippen LogP contribution < -0.4 is 14.2 Å². The van der Waals surface area contributed by atoms with Gasteiger partial charge in [0.15, 0.2) is 12.6 Å². The van der Waals surface area contributed by atoms with Crippen LogP contribution in [-0.4, -0.2) is 29.2 Å². The third kappa shape index (κ3) is 3.74. The molecule has 0 aliphatic carbocycles. The van der Waals surface area contributed by atoms with Crippen LogP contribution in [-0.2, 0) is 24.4 Å². The Morgan fingerprint density at radius 3 is 2.94 bits per heavy atom. The molecule has 0 atom stereocenters. The molecule has 0 fully saturated rings. The second-order valence-electron chi connectivity index (χ2n) is 8.03. The van der Waals surface area contributed by atoms with Gasteiger partial charge in [-0.3, -0.25) is 14.7 Å². The van der Waals surface area contributed by atoms with Crippen LogP contribution in [0.25, 0.3) is 6.08 Å². The van der Waals surface area contributed by atoms with Crippen molar-refractivity contribution in [3.8, 4) is 17.2 Å². The number of ether oxygens (including phenoxy) is 4. The monoisotopic (exact) mass is 462 g/mol. The molecule has 0 bridgehead atoms. The third-order valence-electron chi connectivity index (χ3n) is 5.78. The number of hydrogen-bond acceptors (Lipinski definition) is 7. The van der Waals surface area contributed by atoms with Gasteiger partial charge in [0, 0.05) is 35.4 Å². The van der Waals surface area contributed by atoms with Gasteiger partial charge in [-0.2, -0.15) is 0 Å². The number of ketones is 1. The van der Waals surface area contributed by atoms with Crippen LogP contribution in [0.4, 0.5) is 0 Å². The second-order valence-corrected chi connectivity index (χ2v) is 8.47. The SMILES string of the molecule is O=C1/C(=C/c2cc(Cl)cc3c2OCOC3)Oc2c1ccc1c2CN(Cc2ccccn2)CO1. The van der Waals surface area contributed by atoms with Gasteiger partial charge < -0.3 is 18.9 Å². The number of benzene rings is 2. The maximum absolute atomic E-state index is 13.2. The fraction of sp³-hybridized carbons (Fsp3) is 0.200. The first-order valence-corrected chi connectivity index (χ1v) is 10.9. The van der Waals surface area contributed by atoms with Crippen molar-refractivity contribution in [2.24, 2.45) is 0 Å². The summed E-state index contributed by atoms with van der Waals surface area (Å²) in [5.74, 6) is 1.95. The molecule has 3 aromatic rings. The van der Waals surface area contributed by atoms with E-state index in [-0.39, 0.29) is 18.3 Å². The molecule has 7 nitrogen and oxygen atoms in total. The topological polar surface area (TPSA) is 70.1 Å². The number of aromatic nitrogens is 1. The lowest BCUT2D eigenvalue weighted by Crippen LogP contribution is -2.32. The van der Waals surface area contributed by atoms with Gasteiger partial charge in [0.05, 0.1) is 23.4 Å². The average Bonchev–Trinajstić information content (AvgIpc) is 3.15. The molecule has 0 saturated heterocycles. The summed E-state index contributed by atoms with van der Waals surface area (Å²) in [7, 11) is 0. The van der Waals surface area contributed by atoms with Crippen molar-refractivity contribution in [2.45, 2.75) is 19.7 Å². The molecular weight excluding hydrogens is 444 g/mol. The van der Waals surface area contributed by atoms with Crippen molar-refractivity contribution in [1.82, 2.24) is 9.88 Å². The zero-order chi connectivity index (χ0) is 22.4. The van der Waals surface area contributed by atoms with Crippen LogP contribution in [0.3, 0.4) is 0 Å². The Morgan fingerprint density at radius 2 is 2.06 bits per heavy atom. The summed E-state index contributed by atoms with van der Waals surface area (Å²) in [6.45, 7) is 2.21. The lowest BCUT2D eigenvalue weighted by molar-refractivity contribution is -0.0165. The first kappa shape index (κ1) is 20.2. The van der Waals surface area contributed by atoms with E-state index in [1.54, 1.807) is 30.5 Å². The molecule has 4 heterocycles. The molecule has 8 heteroatoms. The van der Waals surface area contributed by atoms with Crippen LogP contribution in [0.15, 0.2) is 54.4 Å². The highest BCUT2D eigenvalue weighted by atomic mass is 35.5. The van der Waals surface area contributed by atoms with Gasteiger partial charge in [0.1, 0.15) is 24.0 Å². The van der Waals surface area contributed by atoms with Crippen LogP contribution in [0.2, 0.25) is 5.02 Å². The molecule has 0 saturated carbocycles. The molecule has 6 rings (SSSR count). The van der Waals surface area contributed by atoms with Crippen LogP contribution in [0, 0.1) is 0 Å². The molecule has 0 amide bonds. The molecule has 0 unspecified atom stereocenters. The fourth-order valence-electron chi connectivity index (χ4n) is 4.28. The number of hydrogen-bond donors (Lipinski definition) is 0. The number of nitrogens with zero attached hydrogens (tertiary/aromatic N) is 2. The smallest absolute Gasteiger partial charge is 0.231 e. The van der Waals surface area contributed by atoms with E-state index in [2.05, 4.69) is 9.88 Å². The van der Waals surface area contributed by atoms with E-state index in [1.807, 2.05) is 24.3 Å². The summed E-state index contributed by atoms with van der Waals surface area (Å²) in [6, 6.07) is 13.0. The van der Waals surface area contributed by atoms with Gasteiger partial charge in [0.25, 0.3) is 0 Å². The molecule has 33 heavy (non-hydrogen) atoms. The summed E-state index contributed by atoms with van der Waals surface area (Å²) < 4.78 is 23.1. The van der Waals surface area contributed by atoms with Gasteiger partial charge in [0.2, 0.25) is 5.78 Å². The van der Waals surface area contributed by atoms with Gasteiger partial charge in [-0.15, -0.1) is 0 Å². The van der Waals surface area contributed by atoms with Crippen LogP contribution in [0.5, 0.6) is 17.2 Å². The van der Waals surface area contributed by atoms with Crippen molar-refractivity contribution >= 4 is 23.5 Å². The Bertz CT molecular complexity index is 1290. The molecule has 3 aliphatic heterocycles. The first-order valence-electron chi connectivity index (χ1n) is 10.5. The molecule has 0 N–H and O–H groups in total. The van der Waals surface area contributed by atoms with Gasteiger partial charge in [-0.1, -0.05) is 17.7 Å². The number of pyridine rings is 1. The van der Waals surface area contributed by atoms with Crippen LogP contribution >= 0.6 is 11.6 Å². The van der Waals surface area contributed by atoms with E-state index < -0.39 is 0 Å². The zero-order valence-electron chi connectivity index (χ0n) is 17.5. The van der Waals surface area contributed by atoms with Crippen molar-refractivity contribution in [1.29, 1.82) is 0 Å². The predicted octanol–water partition coefficient (Wildman–Crippen LogP) is 4.57. The summed E-state index contributed by atoms with van der Waals surface area (Å²) in [4.78, 5) is 19.7. The summed E-state index contributed by atoms with van der Waals surface area (Å²) in [5, 5.41) is 0.536. The molecule has 2 aromatic carbocycles. The summed E-state index contributed by atoms with van der Waals surface area (Å²) in [6.07, 6.45) is 3.45. The van der Waals surface area contributed by atoms with Gasteiger partial charge in [-0.05, 0) is 42.5 Å². The van der Waals surface area contributed by atoms with Crippen LogP contribution in [0.1, 0.15) is 32.7 Å². The number of Topliss-reactive ketones (excluding diaryl/α,β-unsaturated/α-hetero) is 1. The van der Waals surface area contributed by atoms with Gasteiger partial charge in [-0.25, -0.2) is 0 Å². The molecule has 0 spiro atoms. The van der Waals surface area contributed by atoms with E-state index in [0.29, 0.717) is 54.1 Å². The van der Waals surface area contributed by atoms with E-state index >= 15 is 0 Å². The quantitative estimate of drug-likeness (QED) is 0.528. The predicted molar refractivity (Wildman–Crippen MR) is 120 cm³/mol. The molecule has 166 valence electrons. The minimum atomic E-state index is -0.185. The minimum Gasteiger partial charge on any atom is -0.478 e. The highest BCUT2D eigenvalue weighted by molar-refractivity contribution is 6.31. The molecular formula is C25H19ClN2O5. The number of halogens is 1. The Morgan fingerprint density at radius 1 is 1.12 bits per heavy atom. The average molecular weight is 463 g/mol. The number of fused-ring (bicyclic) bond motifs is 4. The minimum absolute atomic E-state index is 0.150. The van der Waals surface area contributed by atoms with E-state index in [4.69, 9.17) is 30.5 Å². The maximum Gasteiger partial charge on any atom is 0.231 e. The zero-order valence-corrected chi connectivity index (χ0v) is 18.3. The second kappa shape index (κ2) is 8.19. The summed E-state index contributed by atoms with van der Waals surface area (Å²) in [5.41, 5.74) is 3.83. The molecule has 0 radical (unpaired) electrons. The number of carbonyl (C=O) groups is 1. The highest BCUT2D eigenvalue weighted by Gasteiger charge is 2.34. The summed E-state index contributed by atoms with van der Waals surface area (Å²) >= 11 is 6.28. The van der Waals surface area contributed by atoms with Crippen molar-refractivity contribution < 1.29 is 23.7 Å². The molecule has 3 aliphatic rings. The number of allylic oxidation sites excluding steroid dienone is 1. The van der Waals surface area contributed by atoms with Crippen molar-refractivity contribution in [3.05, 3.63) is 87.4 Å². The number of rotatable bonds is 3.